The Morgan fingerprint density at radius 3 is 2.38 bits per heavy atom. The minimum atomic E-state index is -3.17. The van der Waals surface area contributed by atoms with Crippen LogP contribution in [0.4, 0.5) is 13.2 Å². The Hall–Kier alpha value is -3.28. The summed E-state index contributed by atoms with van der Waals surface area (Å²) in [5, 5.41) is 2.71. The summed E-state index contributed by atoms with van der Waals surface area (Å²) in [6, 6.07) is 6.90. The number of nitrogens with zero attached hydrogens (tertiary/aromatic N) is 2. The minimum absolute atomic E-state index is 0.169. The number of hydrogen-bond acceptors (Lipinski definition) is 5. The predicted molar refractivity (Wildman–Crippen MR) is 119 cm³/mol. The Bertz CT molecular complexity index is 1450. The number of sulfone groups is 1. The van der Waals surface area contributed by atoms with Crippen LogP contribution in [0.5, 0.6) is 5.75 Å². The molecule has 2 heterocycles. The lowest BCUT2D eigenvalue weighted by atomic mass is 10.1. The third kappa shape index (κ3) is 4.29. The largest absolute Gasteiger partial charge is 0.435 e. The monoisotopic (exact) mass is 497 g/mol. The zero-order chi connectivity index (χ0) is 25.0. The smallest absolute Gasteiger partial charge is 0.387 e. The summed E-state index contributed by atoms with van der Waals surface area (Å²) in [4.78, 5) is 26.1. The van der Waals surface area contributed by atoms with Crippen LogP contribution in [0.2, 0.25) is 0 Å². The van der Waals surface area contributed by atoms with E-state index in [0.717, 1.165) is 22.8 Å². The van der Waals surface area contributed by atoms with E-state index in [9.17, 15) is 31.2 Å². The summed E-state index contributed by atoms with van der Waals surface area (Å²) >= 11 is 0. The van der Waals surface area contributed by atoms with Crippen molar-refractivity contribution in [2.24, 2.45) is 0 Å². The van der Waals surface area contributed by atoms with Gasteiger partial charge in [0.25, 0.3) is 5.91 Å². The van der Waals surface area contributed by atoms with E-state index in [1.807, 2.05) is 0 Å². The predicted octanol–water partition coefficient (Wildman–Crippen LogP) is 3.03. The molecule has 1 saturated heterocycles. The van der Waals surface area contributed by atoms with Gasteiger partial charge >= 0.3 is 12.3 Å². The topological polar surface area (TPSA) is 99.4 Å². The van der Waals surface area contributed by atoms with Crippen molar-refractivity contribution in [3.8, 4) is 11.4 Å². The van der Waals surface area contributed by atoms with Gasteiger partial charge in [0, 0.05) is 17.7 Å². The number of benzene rings is 2. The van der Waals surface area contributed by atoms with Crippen LogP contribution in [0, 0.1) is 5.82 Å². The van der Waals surface area contributed by atoms with Crippen LogP contribution < -0.4 is 15.7 Å². The van der Waals surface area contributed by atoms with E-state index in [-0.39, 0.29) is 40.1 Å². The Labute approximate surface area is 192 Å². The van der Waals surface area contributed by atoms with Crippen molar-refractivity contribution >= 4 is 26.8 Å². The molecule has 1 amide bonds. The second kappa shape index (κ2) is 8.19. The fourth-order valence-corrected chi connectivity index (χ4v) is 6.28. The summed E-state index contributed by atoms with van der Waals surface area (Å²) in [5.74, 6) is -2.00. The van der Waals surface area contributed by atoms with Crippen LogP contribution in [0.25, 0.3) is 16.7 Å². The Balaban J connectivity index is 1.81. The van der Waals surface area contributed by atoms with E-state index in [1.54, 1.807) is 20.8 Å². The van der Waals surface area contributed by atoms with E-state index in [2.05, 4.69) is 10.1 Å². The van der Waals surface area contributed by atoms with E-state index >= 15 is 0 Å². The molecule has 0 atom stereocenters. The second-order valence-corrected chi connectivity index (χ2v) is 10.9. The SMILES string of the molecule is CC(C)n1c(=O)n(-c2cc(OC(F)F)ccc2F)c2ccc(C(=O)NC3(C)CS(=O)(=O)C3)cc21. The van der Waals surface area contributed by atoms with E-state index in [4.69, 9.17) is 0 Å². The minimum Gasteiger partial charge on any atom is -0.435 e. The van der Waals surface area contributed by atoms with Crippen LogP contribution >= 0.6 is 0 Å². The average molecular weight is 497 g/mol. The highest BCUT2D eigenvalue weighted by atomic mass is 32.2. The number of carbonyl (C=O) groups is 1. The van der Waals surface area contributed by atoms with Gasteiger partial charge in [0.2, 0.25) is 0 Å². The fourth-order valence-electron chi connectivity index (χ4n) is 4.28. The highest BCUT2D eigenvalue weighted by Gasteiger charge is 2.45. The summed E-state index contributed by atoms with van der Waals surface area (Å²) in [7, 11) is -3.17. The number of carbonyl (C=O) groups excluding carboxylic acids is 1. The van der Waals surface area contributed by atoms with Crippen molar-refractivity contribution in [1.29, 1.82) is 0 Å². The summed E-state index contributed by atoms with van der Waals surface area (Å²) < 4.78 is 69.8. The maximum Gasteiger partial charge on any atom is 0.387 e. The van der Waals surface area contributed by atoms with Gasteiger partial charge in [0.05, 0.1) is 33.8 Å². The number of rotatable bonds is 6. The highest BCUT2D eigenvalue weighted by molar-refractivity contribution is 7.93. The van der Waals surface area contributed by atoms with Crippen LogP contribution in [0.1, 0.15) is 37.2 Å². The van der Waals surface area contributed by atoms with Crippen LogP contribution in [-0.4, -0.2) is 47.1 Å². The van der Waals surface area contributed by atoms with Crippen molar-refractivity contribution in [2.45, 2.75) is 39.0 Å². The summed E-state index contributed by atoms with van der Waals surface area (Å²) in [5.41, 5.74) is -1.05. The van der Waals surface area contributed by atoms with Crippen molar-refractivity contribution in [3.05, 3.63) is 58.3 Å². The van der Waals surface area contributed by atoms with Crippen molar-refractivity contribution in [3.63, 3.8) is 0 Å². The molecule has 8 nitrogen and oxygen atoms in total. The van der Waals surface area contributed by atoms with Gasteiger partial charge in [-0.15, -0.1) is 0 Å². The number of nitrogens with one attached hydrogen (secondary N) is 1. The molecule has 1 fully saturated rings. The number of alkyl halides is 2. The summed E-state index contributed by atoms with van der Waals surface area (Å²) in [6.45, 7) is 1.96. The quantitative estimate of drug-likeness (QED) is 0.565. The maximum atomic E-state index is 14.7. The lowest BCUT2D eigenvalue weighted by Gasteiger charge is -2.38. The number of halogens is 3. The van der Waals surface area contributed by atoms with E-state index in [1.165, 1.54) is 22.8 Å². The molecular formula is C22H22F3N3O5S. The van der Waals surface area contributed by atoms with Crippen LogP contribution in [0.15, 0.2) is 41.2 Å². The van der Waals surface area contributed by atoms with Crippen molar-refractivity contribution in [1.82, 2.24) is 14.5 Å². The molecule has 1 aliphatic heterocycles. The zero-order valence-electron chi connectivity index (χ0n) is 18.5. The second-order valence-electron chi connectivity index (χ2n) is 8.82. The molecule has 0 aliphatic carbocycles. The molecule has 0 saturated carbocycles. The molecule has 3 aromatic rings. The van der Waals surface area contributed by atoms with Gasteiger partial charge in [0.15, 0.2) is 9.84 Å². The molecule has 1 N–H and O–H groups in total. The average Bonchev–Trinajstić information content (AvgIpc) is 2.98. The normalized spacial score (nSPS) is 16.6. The maximum absolute atomic E-state index is 14.7. The molecular weight excluding hydrogens is 475 g/mol. The zero-order valence-corrected chi connectivity index (χ0v) is 19.3. The number of imidazole rings is 1. The van der Waals surface area contributed by atoms with Gasteiger partial charge in [-0.2, -0.15) is 8.78 Å². The van der Waals surface area contributed by atoms with Gasteiger partial charge in [0.1, 0.15) is 11.6 Å². The first-order chi connectivity index (χ1) is 15.8. The van der Waals surface area contributed by atoms with Crippen molar-refractivity contribution < 1.29 is 31.1 Å². The number of aromatic nitrogens is 2. The van der Waals surface area contributed by atoms with E-state index in [0.29, 0.717) is 5.52 Å². The molecule has 2 aromatic carbocycles. The molecule has 0 radical (unpaired) electrons. The van der Waals surface area contributed by atoms with Gasteiger partial charge < -0.3 is 10.1 Å². The van der Waals surface area contributed by atoms with Gasteiger partial charge in [-0.1, -0.05) is 0 Å². The third-order valence-corrected chi connectivity index (χ3v) is 7.68. The molecule has 0 spiro atoms. The van der Waals surface area contributed by atoms with Gasteiger partial charge in [-0.3, -0.25) is 13.9 Å². The lowest BCUT2D eigenvalue weighted by Crippen LogP contribution is -2.63. The first-order valence-electron chi connectivity index (χ1n) is 10.3. The molecule has 1 aliphatic rings. The Morgan fingerprint density at radius 1 is 1.12 bits per heavy atom. The molecule has 34 heavy (non-hydrogen) atoms. The van der Waals surface area contributed by atoms with Crippen molar-refractivity contribution in [2.75, 3.05) is 11.5 Å². The lowest BCUT2D eigenvalue weighted by molar-refractivity contribution is -0.0498. The molecule has 12 heteroatoms. The van der Waals surface area contributed by atoms with Gasteiger partial charge in [-0.05, 0) is 51.1 Å². The Kier molecular flexibility index (Phi) is 5.75. The highest BCUT2D eigenvalue weighted by Crippen LogP contribution is 2.28. The first-order valence-corrected chi connectivity index (χ1v) is 12.2. The third-order valence-electron chi connectivity index (χ3n) is 5.53. The summed E-state index contributed by atoms with van der Waals surface area (Å²) in [6.07, 6.45) is 0. The number of amides is 1. The molecule has 0 bridgehead atoms. The molecule has 1 aromatic heterocycles. The standard InChI is InChI=1S/C22H22F3N3O5S/c1-12(2)27-18-8-13(19(29)26-22(3)10-34(31,32)11-22)4-7-16(18)28(21(27)30)17-9-14(33-20(24)25)5-6-15(17)23/h4-9,12,20H,10-11H2,1-3H3,(H,26,29). The number of ether oxygens (including phenoxy) is 1. The Morgan fingerprint density at radius 2 is 1.79 bits per heavy atom. The van der Waals surface area contributed by atoms with Crippen LogP contribution in [-0.2, 0) is 9.84 Å². The fraction of sp³-hybridized carbons (Fsp3) is 0.364. The molecule has 182 valence electrons. The first kappa shape index (κ1) is 23.9. The molecule has 4 rings (SSSR count). The number of fused-ring (bicyclic) bond motifs is 1. The van der Waals surface area contributed by atoms with Crippen LogP contribution in [0.3, 0.4) is 0 Å². The van der Waals surface area contributed by atoms with E-state index < -0.39 is 39.4 Å². The van der Waals surface area contributed by atoms with Gasteiger partial charge in [-0.25, -0.2) is 17.6 Å². The number of hydrogen-bond donors (Lipinski definition) is 1. The molecule has 0 unspecified atom stereocenters.